The van der Waals surface area contributed by atoms with Gasteiger partial charge in [-0.15, -0.1) is 0 Å². The van der Waals surface area contributed by atoms with Crippen LogP contribution in [-0.4, -0.2) is 20.9 Å². The first kappa shape index (κ1) is 24.6. The second-order valence-corrected chi connectivity index (χ2v) is 9.68. The number of benzene rings is 3. The van der Waals surface area contributed by atoms with Gasteiger partial charge in [0, 0.05) is 5.69 Å². The smallest absolute Gasteiger partial charge is 0.324 e. The average Bonchev–Trinajstić information content (AvgIpc) is 2.71. The maximum Gasteiger partial charge on any atom is 0.416 e. The molecule has 0 heterocycles. The number of hydrogen-bond acceptors (Lipinski definition) is 3. The van der Waals surface area contributed by atoms with Crippen LogP contribution in [0.15, 0.2) is 71.6 Å². The Morgan fingerprint density at radius 2 is 1.58 bits per heavy atom. The fraction of sp³-hybridized carbons (Fsp3) is 0.174. The Bertz CT molecular complexity index is 1260. The van der Waals surface area contributed by atoms with E-state index < -0.39 is 39.9 Å². The van der Waals surface area contributed by atoms with E-state index >= 15 is 0 Å². The third kappa shape index (κ3) is 5.85. The van der Waals surface area contributed by atoms with E-state index in [0.29, 0.717) is 16.1 Å². The van der Waals surface area contributed by atoms with Gasteiger partial charge in [0.15, 0.2) is 0 Å². The van der Waals surface area contributed by atoms with Crippen LogP contribution in [0.25, 0.3) is 0 Å². The lowest BCUT2D eigenvalue weighted by atomic mass is 10.1. The van der Waals surface area contributed by atoms with Crippen LogP contribution in [0.4, 0.5) is 24.5 Å². The monoisotopic (exact) mass is 496 g/mol. The number of amides is 1. The summed E-state index contributed by atoms with van der Waals surface area (Å²) in [4.78, 5) is 12.6. The maximum atomic E-state index is 13.3. The van der Waals surface area contributed by atoms with Gasteiger partial charge >= 0.3 is 6.18 Å². The lowest BCUT2D eigenvalue weighted by Gasteiger charge is -2.26. The quantitative estimate of drug-likeness (QED) is 0.468. The van der Waals surface area contributed by atoms with Crippen LogP contribution in [0.2, 0.25) is 5.02 Å². The number of hydrogen-bond donors (Lipinski definition) is 1. The molecule has 0 spiro atoms. The van der Waals surface area contributed by atoms with Gasteiger partial charge in [0.1, 0.15) is 6.54 Å². The minimum atomic E-state index is -4.73. The highest BCUT2D eigenvalue weighted by Crippen LogP contribution is 2.37. The summed E-state index contributed by atoms with van der Waals surface area (Å²) in [5, 5.41) is 2.35. The van der Waals surface area contributed by atoms with Gasteiger partial charge in [-0.25, -0.2) is 8.42 Å². The maximum absolute atomic E-state index is 13.3. The number of halogens is 4. The van der Waals surface area contributed by atoms with Gasteiger partial charge in [0.25, 0.3) is 10.0 Å². The van der Waals surface area contributed by atoms with Crippen LogP contribution in [0, 0.1) is 13.8 Å². The highest BCUT2D eigenvalue weighted by Gasteiger charge is 2.34. The summed E-state index contributed by atoms with van der Waals surface area (Å²) in [7, 11) is -4.42. The van der Waals surface area contributed by atoms with Crippen molar-refractivity contribution in [2.24, 2.45) is 0 Å². The Hall–Kier alpha value is -3.04. The van der Waals surface area contributed by atoms with Crippen LogP contribution in [0.5, 0.6) is 0 Å². The molecule has 33 heavy (non-hydrogen) atoms. The Balaban J connectivity index is 2.06. The van der Waals surface area contributed by atoms with Gasteiger partial charge in [-0.2, -0.15) is 13.2 Å². The van der Waals surface area contributed by atoms with Crippen molar-refractivity contribution in [2.45, 2.75) is 24.9 Å². The van der Waals surface area contributed by atoms with Crippen molar-refractivity contribution in [3.05, 3.63) is 88.4 Å². The minimum Gasteiger partial charge on any atom is -0.324 e. The molecule has 0 saturated carbocycles. The first-order valence-electron chi connectivity index (χ1n) is 9.70. The first-order valence-corrected chi connectivity index (χ1v) is 11.5. The number of carbonyl (C=O) groups excluding carboxylic acids is 1. The number of nitrogens with one attached hydrogen (secondary N) is 1. The van der Waals surface area contributed by atoms with E-state index in [1.165, 1.54) is 24.3 Å². The topological polar surface area (TPSA) is 66.5 Å². The number of alkyl halides is 3. The van der Waals surface area contributed by atoms with Gasteiger partial charge in [-0.1, -0.05) is 35.9 Å². The number of anilines is 2. The van der Waals surface area contributed by atoms with E-state index in [4.69, 9.17) is 11.6 Å². The van der Waals surface area contributed by atoms with Crippen molar-refractivity contribution in [1.82, 2.24) is 0 Å². The lowest BCUT2D eigenvalue weighted by Crippen LogP contribution is -2.38. The normalized spacial score (nSPS) is 11.8. The summed E-state index contributed by atoms with van der Waals surface area (Å²) >= 11 is 6.11. The summed E-state index contributed by atoms with van der Waals surface area (Å²) in [5.41, 5.74) is 0.639. The molecule has 0 saturated heterocycles. The molecular weight excluding hydrogens is 477 g/mol. The third-order valence-corrected chi connectivity index (χ3v) is 6.76. The number of rotatable bonds is 6. The molecule has 3 rings (SSSR count). The van der Waals surface area contributed by atoms with Crippen LogP contribution in [0.1, 0.15) is 16.7 Å². The molecule has 0 aliphatic carbocycles. The molecule has 0 aliphatic rings. The van der Waals surface area contributed by atoms with E-state index in [1.54, 1.807) is 18.2 Å². The van der Waals surface area contributed by atoms with Crippen molar-refractivity contribution < 1.29 is 26.4 Å². The molecule has 0 aromatic heterocycles. The number of carbonyl (C=O) groups is 1. The molecule has 0 bridgehead atoms. The summed E-state index contributed by atoms with van der Waals surface area (Å²) in [6.45, 7) is 2.87. The Kier molecular flexibility index (Phi) is 7.04. The van der Waals surface area contributed by atoms with Crippen LogP contribution in [0.3, 0.4) is 0 Å². The van der Waals surface area contributed by atoms with Crippen LogP contribution in [-0.2, 0) is 21.0 Å². The molecule has 0 radical (unpaired) electrons. The van der Waals surface area contributed by atoms with Gasteiger partial charge in [0.2, 0.25) is 5.91 Å². The van der Waals surface area contributed by atoms with Crippen molar-refractivity contribution in [3.8, 4) is 0 Å². The summed E-state index contributed by atoms with van der Waals surface area (Å²) in [6.07, 6.45) is -4.73. The molecular formula is C23H20ClF3N2O3S. The Morgan fingerprint density at radius 3 is 2.15 bits per heavy atom. The van der Waals surface area contributed by atoms with E-state index in [9.17, 15) is 26.4 Å². The minimum absolute atomic E-state index is 0.197. The zero-order valence-corrected chi connectivity index (χ0v) is 19.2. The van der Waals surface area contributed by atoms with E-state index in [0.717, 1.165) is 23.3 Å². The van der Waals surface area contributed by atoms with Crippen LogP contribution >= 0.6 is 11.6 Å². The number of aryl methyl sites for hydroxylation is 2. The molecule has 0 fully saturated rings. The predicted octanol–water partition coefficient (Wildman–Crippen LogP) is 5.81. The summed E-state index contributed by atoms with van der Waals surface area (Å²) < 4.78 is 67.2. The summed E-state index contributed by atoms with van der Waals surface area (Å²) in [6, 6.07) is 14.7. The molecule has 1 amide bonds. The zero-order chi connectivity index (χ0) is 24.4. The molecule has 0 aliphatic heterocycles. The van der Waals surface area contributed by atoms with Gasteiger partial charge in [-0.3, -0.25) is 9.10 Å². The largest absolute Gasteiger partial charge is 0.416 e. The molecule has 5 nitrogen and oxygen atoms in total. The SMILES string of the molecule is Cc1cc(C)cc(NC(=O)CN(c2cc(C(F)(F)F)ccc2Cl)S(=O)(=O)c2ccccc2)c1. The molecule has 3 aromatic carbocycles. The molecule has 1 N–H and O–H groups in total. The zero-order valence-electron chi connectivity index (χ0n) is 17.7. The van der Waals surface area contributed by atoms with Crippen LogP contribution < -0.4 is 9.62 Å². The number of nitrogens with zero attached hydrogens (tertiary/aromatic N) is 1. The van der Waals surface area contributed by atoms with Crippen molar-refractivity contribution >= 4 is 38.9 Å². The van der Waals surface area contributed by atoms with E-state index in [2.05, 4.69) is 5.32 Å². The van der Waals surface area contributed by atoms with Crippen molar-refractivity contribution in [1.29, 1.82) is 0 Å². The van der Waals surface area contributed by atoms with Gasteiger partial charge in [0.05, 0.1) is 21.2 Å². The first-order chi connectivity index (χ1) is 15.4. The lowest BCUT2D eigenvalue weighted by molar-refractivity contribution is -0.137. The Morgan fingerprint density at radius 1 is 0.970 bits per heavy atom. The highest BCUT2D eigenvalue weighted by atomic mass is 35.5. The fourth-order valence-corrected chi connectivity index (χ4v) is 5.00. The van der Waals surface area contributed by atoms with Crippen molar-refractivity contribution in [3.63, 3.8) is 0 Å². The average molecular weight is 497 g/mol. The molecule has 0 unspecified atom stereocenters. The molecule has 3 aromatic rings. The second kappa shape index (κ2) is 9.44. The van der Waals surface area contributed by atoms with Crippen molar-refractivity contribution in [2.75, 3.05) is 16.2 Å². The number of sulfonamides is 1. The third-order valence-electron chi connectivity index (χ3n) is 4.67. The molecule has 0 atom stereocenters. The van der Waals surface area contributed by atoms with E-state index in [-0.39, 0.29) is 9.92 Å². The fourth-order valence-electron chi connectivity index (χ4n) is 3.28. The predicted molar refractivity (Wildman–Crippen MR) is 122 cm³/mol. The summed E-state index contributed by atoms with van der Waals surface area (Å²) in [5.74, 6) is -0.743. The van der Waals surface area contributed by atoms with E-state index in [1.807, 2.05) is 19.9 Å². The highest BCUT2D eigenvalue weighted by molar-refractivity contribution is 7.92. The molecule has 174 valence electrons. The molecule has 10 heteroatoms. The Labute approximate surface area is 194 Å². The second-order valence-electron chi connectivity index (χ2n) is 7.41. The standard InChI is InChI=1S/C23H20ClF3N2O3S/c1-15-10-16(2)12-18(11-15)28-22(30)14-29(33(31,32)19-6-4-3-5-7-19)21-13-17(23(25,26)27)8-9-20(21)24/h3-13H,14H2,1-2H3,(H,28,30). The van der Waals surface area contributed by atoms with Gasteiger partial charge in [-0.05, 0) is 67.4 Å². The van der Waals surface area contributed by atoms with Gasteiger partial charge < -0.3 is 5.32 Å².